The molecule has 5 nitrogen and oxygen atoms in total. The fourth-order valence-corrected chi connectivity index (χ4v) is 1.17. The van der Waals surface area contributed by atoms with Crippen LogP contribution in [0.2, 0.25) is 0 Å². The molecule has 1 amide bonds. The van der Waals surface area contributed by atoms with E-state index in [2.05, 4.69) is 4.74 Å². The Bertz CT molecular complexity index is 219. The number of methoxy groups -OCH3 is 1. The summed E-state index contributed by atoms with van der Waals surface area (Å²) in [6.45, 7) is 1.99. The van der Waals surface area contributed by atoms with Crippen molar-refractivity contribution >= 4 is 11.9 Å². The van der Waals surface area contributed by atoms with Gasteiger partial charge in [-0.2, -0.15) is 0 Å². The summed E-state index contributed by atoms with van der Waals surface area (Å²) in [7, 11) is 2.84. The number of unbranched alkanes of at least 4 members (excludes halogenated alkanes) is 1. The van der Waals surface area contributed by atoms with Crippen LogP contribution in [0.3, 0.4) is 0 Å². The lowest BCUT2D eigenvalue weighted by Crippen LogP contribution is -2.43. The van der Waals surface area contributed by atoms with E-state index in [1.165, 1.54) is 12.0 Å². The second kappa shape index (κ2) is 7.23. The maximum atomic E-state index is 11.6. The van der Waals surface area contributed by atoms with Crippen molar-refractivity contribution in [3.05, 3.63) is 0 Å². The first-order valence-electron chi connectivity index (χ1n) is 5.10. The summed E-state index contributed by atoms with van der Waals surface area (Å²) in [5.74, 6) is -0.651. The standard InChI is InChI=1S/C10H20N2O3/c1-4-5-6-8(11)10(14)12(2)7-9(13)15-3/h8H,4-7,11H2,1-3H3. The van der Waals surface area contributed by atoms with Crippen LogP contribution in [-0.2, 0) is 14.3 Å². The lowest BCUT2D eigenvalue weighted by atomic mass is 10.1. The molecule has 0 aliphatic heterocycles. The van der Waals surface area contributed by atoms with E-state index in [0.717, 1.165) is 12.8 Å². The summed E-state index contributed by atoms with van der Waals surface area (Å²) in [5.41, 5.74) is 5.68. The Balaban J connectivity index is 4.01. The fourth-order valence-electron chi connectivity index (χ4n) is 1.17. The maximum Gasteiger partial charge on any atom is 0.325 e. The average molecular weight is 216 g/mol. The average Bonchev–Trinajstić information content (AvgIpc) is 2.24. The van der Waals surface area contributed by atoms with Gasteiger partial charge in [-0.15, -0.1) is 0 Å². The van der Waals surface area contributed by atoms with E-state index in [-0.39, 0.29) is 12.5 Å². The summed E-state index contributed by atoms with van der Waals surface area (Å²) in [5, 5.41) is 0. The largest absolute Gasteiger partial charge is 0.468 e. The van der Waals surface area contributed by atoms with E-state index in [4.69, 9.17) is 5.73 Å². The topological polar surface area (TPSA) is 72.6 Å². The number of nitrogens with two attached hydrogens (primary N) is 1. The molecule has 0 aliphatic carbocycles. The summed E-state index contributed by atoms with van der Waals surface area (Å²) in [4.78, 5) is 23.8. The normalized spacial score (nSPS) is 12.0. The molecule has 2 N–H and O–H groups in total. The predicted octanol–water partition coefficient (Wildman–Crippen LogP) is 0.135. The second-order valence-corrected chi connectivity index (χ2v) is 3.52. The van der Waals surface area contributed by atoms with Gasteiger partial charge in [0.25, 0.3) is 0 Å². The molecule has 0 aromatic carbocycles. The molecule has 0 aromatic rings. The summed E-state index contributed by atoms with van der Waals surface area (Å²) < 4.78 is 4.46. The Morgan fingerprint density at radius 2 is 2.07 bits per heavy atom. The summed E-state index contributed by atoms with van der Waals surface area (Å²) in [6, 6.07) is -0.514. The van der Waals surface area contributed by atoms with Crippen molar-refractivity contribution in [1.82, 2.24) is 4.90 Å². The third kappa shape index (κ3) is 5.37. The van der Waals surface area contributed by atoms with Crippen molar-refractivity contribution < 1.29 is 14.3 Å². The van der Waals surface area contributed by atoms with Crippen molar-refractivity contribution in [2.45, 2.75) is 32.2 Å². The maximum absolute atomic E-state index is 11.6. The van der Waals surface area contributed by atoms with Gasteiger partial charge in [-0.3, -0.25) is 9.59 Å². The molecule has 0 rings (SSSR count). The van der Waals surface area contributed by atoms with Gasteiger partial charge in [0.05, 0.1) is 13.2 Å². The van der Waals surface area contributed by atoms with Crippen molar-refractivity contribution in [1.29, 1.82) is 0 Å². The van der Waals surface area contributed by atoms with Crippen LogP contribution in [0.1, 0.15) is 26.2 Å². The van der Waals surface area contributed by atoms with Crippen LogP contribution < -0.4 is 5.73 Å². The highest BCUT2D eigenvalue weighted by molar-refractivity contribution is 5.85. The number of rotatable bonds is 6. The first kappa shape index (κ1) is 13.9. The summed E-state index contributed by atoms with van der Waals surface area (Å²) >= 11 is 0. The van der Waals surface area contributed by atoms with Crippen LogP contribution in [0.5, 0.6) is 0 Å². The van der Waals surface area contributed by atoms with Crippen LogP contribution in [0.4, 0.5) is 0 Å². The number of ether oxygens (including phenoxy) is 1. The van der Waals surface area contributed by atoms with E-state index in [1.807, 2.05) is 6.92 Å². The molecule has 0 saturated heterocycles. The Morgan fingerprint density at radius 3 is 2.53 bits per heavy atom. The molecule has 0 heterocycles. The van der Waals surface area contributed by atoms with E-state index in [9.17, 15) is 9.59 Å². The molecule has 0 radical (unpaired) electrons. The van der Waals surface area contributed by atoms with E-state index >= 15 is 0 Å². The minimum atomic E-state index is -0.514. The van der Waals surface area contributed by atoms with Crippen molar-refractivity contribution in [2.75, 3.05) is 20.7 Å². The molecule has 0 aliphatic rings. The van der Waals surface area contributed by atoms with Crippen LogP contribution in [0.25, 0.3) is 0 Å². The number of amides is 1. The number of hydrogen-bond acceptors (Lipinski definition) is 4. The van der Waals surface area contributed by atoms with Gasteiger partial charge in [-0.05, 0) is 6.42 Å². The van der Waals surface area contributed by atoms with Gasteiger partial charge in [-0.25, -0.2) is 0 Å². The Kier molecular flexibility index (Phi) is 6.70. The molecule has 1 unspecified atom stereocenters. The van der Waals surface area contributed by atoms with Crippen LogP contribution in [0, 0.1) is 0 Å². The molecule has 0 fully saturated rings. The van der Waals surface area contributed by atoms with Crippen molar-refractivity contribution in [2.24, 2.45) is 5.73 Å². The van der Waals surface area contributed by atoms with Crippen LogP contribution in [-0.4, -0.2) is 43.5 Å². The van der Waals surface area contributed by atoms with Gasteiger partial charge in [0.1, 0.15) is 6.54 Å². The Morgan fingerprint density at radius 1 is 1.47 bits per heavy atom. The van der Waals surface area contributed by atoms with E-state index in [1.54, 1.807) is 7.05 Å². The van der Waals surface area contributed by atoms with Gasteiger partial charge >= 0.3 is 5.97 Å². The predicted molar refractivity (Wildman–Crippen MR) is 57.2 cm³/mol. The molecule has 0 bridgehead atoms. The second-order valence-electron chi connectivity index (χ2n) is 3.52. The van der Waals surface area contributed by atoms with Gasteiger partial charge in [0.2, 0.25) is 5.91 Å². The third-order valence-corrected chi connectivity index (χ3v) is 2.16. The Labute approximate surface area is 90.6 Å². The highest BCUT2D eigenvalue weighted by atomic mass is 16.5. The fraction of sp³-hybridized carbons (Fsp3) is 0.800. The van der Waals surface area contributed by atoms with Gasteiger partial charge in [-0.1, -0.05) is 19.8 Å². The highest BCUT2D eigenvalue weighted by Gasteiger charge is 2.19. The smallest absolute Gasteiger partial charge is 0.325 e. The van der Waals surface area contributed by atoms with E-state index < -0.39 is 12.0 Å². The first-order chi connectivity index (χ1) is 7.02. The monoisotopic (exact) mass is 216 g/mol. The number of hydrogen-bond donors (Lipinski definition) is 1. The first-order valence-corrected chi connectivity index (χ1v) is 5.10. The molecule has 1 atom stereocenters. The number of carbonyl (C=O) groups is 2. The third-order valence-electron chi connectivity index (χ3n) is 2.16. The number of esters is 1. The molecule has 0 aromatic heterocycles. The summed E-state index contributed by atoms with van der Waals surface area (Å²) in [6.07, 6.45) is 2.57. The van der Waals surface area contributed by atoms with Crippen molar-refractivity contribution in [3.8, 4) is 0 Å². The van der Waals surface area contributed by atoms with Crippen LogP contribution in [0.15, 0.2) is 0 Å². The zero-order chi connectivity index (χ0) is 11.8. The molecule has 5 heteroatoms. The SMILES string of the molecule is CCCCC(N)C(=O)N(C)CC(=O)OC. The van der Waals surface area contributed by atoms with Crippen LogP contribution >= 0.6 is 0 Å². The number of carbonyl (C=O) groups excluding carboxylic acids is 2. The molecule has 0 spiro atoms. The van der Waals surface area contributed by atoms with E-state index in [0.29, 0.717) is 6.42 Å². The zero-order valence-corrected chi connectivity index (χ0v) is 9.66. The quantitative estimate of drug-likeness (QED) is 0.641. The van der Waals surface area contributed by atoms with Gasteiger partial charge in [0, 0.05) is 7.05 Å². The van der Waals surface area contributed by atoms with Gasteiger partial charge in [0.15, 0.2) is 0 Å². The number of nitrogens with zero attached hydrogens (tertiary/aromatic N) is 1. The van der Waals surface area contributed by atoms with Crippen molar-refractivity contribution in [3.63, 3.8) is 0 Å². The Hall–Kier alpha value is -1.10. The minimum Gasteiger partial charge on any atom is -0.468 e. The lowest BCUT2D eigenvalue weighted by molar-refractivity contribution is -0.146. The highest BCUT2D eigenvalue weighted by Crippen LogP contribution is 2.01. The minimum absolute atomic E-state index is 0.0465. The molecular weight excluding hydrogens is 196 g/mol. The van der Waals surface area contributed by atoms with Gasteiger partial charge < -0.3 is 15.4 Å². The number of likely N-dealkylation sites (N-methyl/N-ethyl adjacent to an activating group) is 1. The lowest BCUT2D eigenvalue weighted by Gasteiger charge is -2.19. The molecule has 88 valence electrons. The molecular formula is C10H20N2O3. The zero-order valence-electron chi connectivity index (χ0n) is 9.66. The molecule has 0 saturated carbocycles. The molecule has 15 heavy (non-hydrogen) atoms.